The first-order valence-corrected chi connectivity index (χ1v) is 10.1. The van der Waals surface area contributed by atoms with E-state index in [4.69, 9.17) is 20.0 Å². The Hall–Kier alpha value is -3.61. The van der Waals surface area contributed by atoms with Crippen LogP contribution >= 0.6 is 0 Å². The molecule has 0 saturated heterocycles. The van der Waals surface area contributed by atoms with Gasteiger partial charge in [0.25, 0.3) is 0 Å². The van der Waals surface area contributed by atoms with Crippen molar-refractivity contribution in [2.75, 3.05) is 24.3 Å². The van der Waals surface area contributed by atoms with Gasteiger partial charge in [-0.15, -0.1) is 0 Å². The maximum Gasteiger partial charge on any atom is 0.219 e. The molecule has 7 heteroatoms. The van der Waals surface area contributed by atoms with Crippen LogP contribution in [-0.2, 0) is 10.2 Å². The summed E-state index contributed by atoms with van der Waals surface area (Å²) in [5.74, 6) is 3.10. The molecule has 1 spiro atoms. The second kappa shape index (κ2) is 7.91. The number of hydrogen-bond acceptors (Lipinski definition) is 7. The Morgan fingerprint density at radius 2 is 1.87 bits per heavy atom. The predicted molar refractivity (Wildman–Crippen MR) is 120 cm³/mol. The fourth-order valence-corrected chi connectivity index (χ4v) is 3.96. The van der Waals surface area contributed by atoms with Crippen molar-refractivity contribution in [1.29, 1.82) is 0 Å². The fourth-order valence-electron chi connectivity index (χ4n) is 3.96. The molecule has 3 aromatic rings. The average Bonchev–Trinajstić information content (AvgIpc) is 3.47. The van der Waals surface area contributed by atoms with Crippen LogP contribution in [0.5, 0.6) is 17.4 Å². The van der Waals surface area contributed by atoms with Crippen LogP contribution in [0, 0.1) is 13.8 Å². The number of nitrogens with zero attached hydrogens (tertiary/aromatic N) is 3. The number of nitrogens with two attached hydrogens (primary N) is 1. The minimum atomic E-state index is 0.144. The Balaban J connectivity index is 0.00000112. The maximum absolute atomic E-state index is 8.00. The minimum Gasteiger partial charge on any atom is -0.492 e. The molecule has 2 aliphatic rings. The van der Waals surface area contributed by atoms with Crippen molar-refractivity contribution in [3.05, 3.63) is 59.4 Å². The number of rotatable bonds is 4. The summed E-state index contributed by atoms with van der Waals surface area (Å²) in [7, 11) is 1.93. The second-order valence-corrected chi connectivity index (χ2v) is 8.03. The molecule has 2 aromatic heterocycles. The highest BCUT2D eigenvalue weighted by Crippen LogP contribution is 2.59. The monoisotopic (exact) mass is 418 g/mol. The lowest BCUT2D eigenvalue weighted by molar-refractivity contribution is -0.0979. The SMILES string of the molecule is C=O.Cc1ccnc(N(C)c2ccc(Oc3ccc(C)c4c3C3(CC3)CO4)nc2)c1N. The van der Waals surface area contributed by atoms with Gasteiger partial charge in [0.1, 0.15) is 18.3 Å². The van der Waals surface area contributed by atoms with Gasteiger partial charge < -0.3 is 24.9 Å². The standard InChI is InChI=1S/C23H24N4O2.CH2O/c1-14-8-11-25-22(20(14)24)27(3)16-5-7-18(26-12-16)29-17-6-4-15(2)21-19(17)23(9-10-23)13-28-21;1-2/h4-8,11-12H,9-10,13,24H2,1-3H3;1H2. The second-order valence-electron chi connectivity index (χ2n) is 8.03. The Morgan fingerprint density at radius 1 is 1.10 bits per heavy atom. The first-order valence-electron chi connectivity index (χ1n) is 10.1. The lowest BCUT2D eigenvalue weighted by Gasteiger charge is -2.20. The zero-order chi connectivity index (χ0) is 22.2. The fraction of sp³-hybridized carbons (Fsp3) is 0.292. The van der Waals surface area contributed by atoms with Crippen molar-refractivity contribution in [2.45, 2.75) is 32.1 Å². The van der Waals surface area contributed by atoms with E-state index in [0.29, 0.717) is 17.4 Å². The molecule has 1 aliphatic carbocycles. The van der Waals surface area contributed by atoms with Gasteiger partial charge in [0.2, 0.25) is 5.88 Å². The third-order valence-electron chi connectivity index (χ3n) is 6.02. The van der Waals surface area contributed by atoms with Crippen LogP contribution in [0.25, 0.3) is 0 Å². The zero-order valence-corrected chi connectivity index (χ0v) is 18.0. The zero-order valence-electron chi connectivity index (χ0n) is 18.0. The van der Waals surface area contributed by atoms with Gasteiger partial charge in [-0.25, -0.2) is 9.97 Å². The van der Waals surface area contributed by atoms with E-state index in [2.05, 4.69) is 16.9 Å². The number of benzene rings is 1. The molecule has 1 fully saturated rings. The van der Waals surface area contributed by atoms with Crippen LogP contribution in [0.1, 0.15) is 29.5 Å². The summed E-state index contributed by atoms with van der Waals surface area (Å²) >= 11 is 0. The van der Waals surface area contributed by atoms with Gasteiger partial charge in [-0.3, -0.25) is 0 Å². The molecular weight excluding hydrogens is 392 g/mol. The first-order chi connectivity index (χ1) is 15.0. The van der Waals surface area contributed by atoms with Crippen molar-refractivity contribution in [2.24, 2.45) is 0 Å². The van der Waals surface area contributed by atoms with E-state index in [0.717, 1.165) is 47.8 Å². The summed E-state index contributed by atoms with van der Waals surface area (Å²) in [5.41, 5.74) is 11.2. The summed E-state index contributed by atoms with van der Waals surface area (Å²) in [6.45, 7) is 6.81. The molecule has 5 rings (SSSR count). The summed E-state index contributed by atoms with van der Waals surface area (Å²) in [6, 6.07) is 9.81. The van der Waals surface area contributed by atoms with Gasteiger partial charge in [-0.1, -0.05) is 6.07 Å². The van der Waals surface area contributed by atoms with Crippen molar-refractivity contribution in [1.82, 2.24) is 9.97 Å². The van der Waals surface area contributed by atoms with Gasteiger partial charge in [0.15, 0.2) is 5.82 Å². The van der Waals surface area contributed by atoms with Gasteiger partial charge in [0.05, 0.1) is 24.2 Å². The van der Waals surface area contributed by atoms with E-state index in [1.165, 1.54) is 5.56 Å². The summed E-state index contributed by atoms with van der Waals surface area (Å²) in [6.07, 6.45) is 5.84. The highest BCUT2D eigenvalue weighted by Gasteiger charge is 2.53. The van der Waals surface area contributed by atoms with Crippen molar-refractivity contribution >= 4 is 24.0 Å². The molecule has 0 unspecified atom stereocenters. The molecule has 0 bridgehead atoms. The van der Waals surface area contributed by atoms with Crippen LogP contribution in [0.15, 0.2) is 42.7 Å². The van der Waals surface area contributed by atoms with Gasteiger partial charge in [-0.05, 0) is 56.0 Å². The van der Waals surface area contributed by atoms with E-state index in [1.807, 2.05) is 56.0 Å². The first kappa shape index (κ1) is 20.7. The molecule has 1 aliphatic heterocycles. The normalized spacial score (nSPS) is 14.8. The van der Waals surface area contributed by atoms with Gasteiger partial charge in [0, 0.05) is 30.3 Å². The Bertz CT molecular complexity index is 1110. The van der Waals surface area contributed by atoms with Crippen LogP contribution < -0.4 is 20.1 Å². The number of pyridine rings is 2. The number of ether oxygens (including phenoxy) is 2. The van der Waals surface area contributed by atoms with E-state index >= 15 is 0 Å². The van der Waals surface area contributed by atoms with Crippen LogP contribution in [-0.4, -0.2) is 30.4 Å². The lowest BCUT2D eigenvalue weighted by Crippen LogP contribution is -2.14. The van der Waals surface area contributed by atoms with Crippen molar-refractivity contribution in [3.63, 3.8) is 0 Å². The molecular formula is C24H26N4O3. The highest BCUT2D eigenvalue weighted by molar-refractivity contribution is 5.72. The summed E-state index contributed by atoms with van der Waals surface area (Å²) in [5, 5.41) is 0. The smallest absolute Gasteiger partial charge is 0.219 e. The molecule has 0 amide bonds. The number of aromatic nitrogens is 2. The maximum atomic E-state index is 8.00. The molecule has 0 atom stereocenters. The third kappa shape index (κ3) is 3.56. The van der Waals surface area contributed by atoms with E-state index in [-0.39, 0.29) is 5.41 Å². The average molecular weight is 418 g/mol. The largest absolute Gasteiger partial charge is 0.492 e. The lowest BCUT2D eigenvalue weighted by atomic mass is 9.95. The van der Waals surface area contributed by atoms with Crippen molar-refractivity contribution < 1.29 is 14.3 Å². The van der Waals surface area contributed by atoms with Crippen LogP contribution in [0.3, 0.4) is 0 Å². The third-order valence-corrected chi connectivity index (χ3v) is 6.02. The molecule has 0 radical (unpaired) electrons. The number of hydrogen-bond donors (Lipinski definition) is 1. The number of carbonyl (C=O) groups excluding carboxylic acids is 1. The van der Waals surface area contributed by atoms with Crippen molar-refractivity contribution in [3.8, 4) is 17.4 Å². The predicted octanol–water partition coefficient (Wildman–Crippen LogP) is 4.47. The molecule has 31 heavy (non-hydrogen) atoms. The van der Waals surface area contributed by atoms with E-state index in [9.17, 15) is 0 Å². The quantitative estimate of drug-likeness (QED) is 0.668. The molecule has 2 N–H and O–H groups in total. The van der Waals surface area contributed by atoms with Gasteiger partial charge in [-0.2, -0.15) is 0 Å². The topological polar surface area (TPSA) is 90.6 Å². The Morgan fingerprint density at radius 3 is 2.55 bits per heavy atom. The molecule has 7 nitrogen and oxygen atoms in total. The number of nitrogen functional groups attached to an aromatic ring is 1. The van der Waals surface area contributed by atoms with Crippen LogP contribution in [0.4, 0.5) is 17.2 Å². The van der Waals surface area contributed by atoms with Gasteiger partial charge >= 0.3 is 0 Å². The Kier molecular flexibility index (Phi) is 5.27. The number of aryl methyl sites for hydroxylation is 2. The molecule has 160 valence electrons. The number of fused-ring (bicyclic) bond motifs is 2. The highest BCUT2D eigenvalue weighted by atomic mass is 16.5. The molecule has 1 saturated carbocycles. The summed E-state index contributed by atoms with van der Waals surface area (Å²) < 4.78 is 12.2. The van der Waals surface area contributed by atoms with E-state index in [1.54, 1.807) is 12.4 Å². The molecule has 1 aromatic carbocycles. The van der Waals surface area contributed by atoms with E-state index < -0.39 is 0 Å². The van der Waals surface area contributed by atoms with Crippen LogP contribution in [0.2, 0.25) is 0 Å². The number of carbonyl (C=O) groups is 1. The molecule has 3 heterocycles. The summed E-state index contributed by atoms with van der Waals surface area (Å²) in [4.78, 5) is 18.8. The Labute approximate surface area is 181 Å². The number of anilines is 3. The minimum absolute atomic E-state index is 0.144.